The van der Waals surface area contributed by atoms with Crippen molar-refractivity contribution in [3.05, 3.63) is 53.1 Å². The van der Waals surface area contributed by atoms with E-state index in [1.165, 1.54) is 11.1 Å². The van der Waals surface area contributed by atoms with Gasteiger partial charge in [-0.15, -0.1) is 0 Å². The van der Waals surface area contributed by atoms with Crippen LogP contribution >= 0.6 is 0 Å². The molecule has 0 saturated carbocycles. The fourth-order valence-electron chi connectivity index (χ4n) is 6.66. The molecule has 0 amide bonds. The number of methoxy groups -OCH3 is 1. The van der Waals surface area contributed by atoms with E-state index in [1.807, 2.05) is 12.1 Å². The molecule has 1 aliphatic carbocycles. The first kappa shape index (κ1) is 21.9. The van der Waals surface area contributed by atoms with Crippen LogP contribution in [0.2, 0.25) is 0 Å². The molecule has 2 atom stereocenters. The van der Waals surface area contributed by atoms with Crippen molar-refractivity contribution in [3.63, 3.8) is 0 Å². The summed E-state index contributed by atoms with van der Waals surface area (Å²) >= 11 is 0. The van der Waals surface area contributed by atoms with Crippen LogP contribution in [0.1, 0.15) is 36.5 Å². The standard InChI is InChI=1S/C25H29B2N3O3/c1-23(19-5-7-32-8-6-19)13-17-4-3-16(18-9-15(14-28)10-20(11-18)31-2)12-21(17)24(23)25(26,27)33-22(29)30-24/h3-4,9-12,19H,5-8,13,26-27H2,1-2H3,(H2,29,30). The topological polar surface area (TPSA) is 89.9 Å². The van der Waals surface area contributed by atoms with Crippen LogP contribution in [-0.4, -0.2) is 47.4 Å². The van der Waals surface area contributed by atoms with Crippen LogP contribution in [0.4, 0.5) is 0 Å². The van der Waals surface area contributed by atoms with Crippen molar-refractivity contribution in [2.45, 2.75) is 37.1 Å². The van der Waals surface area contributed by atoms with Crippen LogP contribution in [0.15, 0.2) is 41.4 Å². The zero-order chi connectivity index (χ0) is 23.4. The number of rotatable bonds is 3. The predicted molar refractivity (Wildman–Crippen MR) is 133 cm³/mol. The molecule has 6 nitrogen and oxygen atoms in total. The van der Waals surface area contributed by atoms with E-state index in [2.05, 4.69) is 46.9 Å². The van der Waals surface area contributed by atoms with Crippen LogP contribution in [0.25, 0.3) is 11.1 Å². The fraction of sp³-hybridized carbons (Fsp3) is 0.440. The van der Waals surface area contributed by atoms with E-state index < -0.39 is 10.9 Å². The zero-order valence-corrected chi connectivity index (χ0v) is 19.8. The molecule has 5 rings (SSSR count). The largest absolute Gasteiger partial charge is 0.497 e. The number of ether oxygens (including phenoxy) is 3. The minimum absolute atomic E-state index is 0.158. The average Bonchev–Trinajstić information content (AvgIpc) is 3.23. The number of aliphatic imine (C=N–C) groups is 1. The predicted octanol–water partition coefficient (Wildman–Crippen LogP) is 1.68. The lowest BCUT2D eigenvalue weighted by molar-refractivity contribution is -0.0356. The smallest absolute Gasteiger partial charge is 0.282 e. The summed E-state index contributed by atoms with van der Waals surface area (Å²) in [6, 6.07) is 14.7. The van der Waals surface area contributed by atoms with E-state index in [1.54, 1.807) is 13.2 Å². The van der Waals surface area contributed by atoms with Gasteiger partial charge in [0.1, 0.15) is 11.3 Å². The van der Waals surface area contributed by atoms with E-state index >= 15 is 0 Å². The lowest BCUT2D eigenvalue weighted by Gasteiger charge is -2.51. The van der Waals surface area contributed by atoms with Gasteiger partial charge in [-0.3, -0.25) is 0 Å². The molecular weight excluding hydrogens is 412 g/mol. The van der Waals surface area contributed by atoms with Gasteiger partial charge in [-0.25, -0.2) is 4.99 Å². The number of nitriles is 1. The molecule has 2 aromatic carbocycles. The van der Waals surface area contributed by atoms with Gasteiger partial charge in [-0.1, -0.05) is 19.1 Å². The molecule has 2 aliphatic heterocycles. The Bertz CT molecular complexity index is 1190. The molecule has 3 aliphatic rings. The third-order valence-electron chi connectivity index (χ3n) is 8.12. The first-order chi connectivity index (χ1) is 15.7. The van der Waals surface area contributed by atoms with Crippen molar-refractivity contribution < 1.29 is 14.2 Å². The lowest BCUT2D eigenvalue weighted by Crippen LogP contribution is -2.60. The van der Waals surface area contributed by atoms with Crippen molar-refractivity contribution in [1.29, 1.82) is 5.26 Å². The van der Waals surface area contributed by atoms with Crippen LogP contribution in [0.3, 0.4) is 0 Å². The number of hydrogen-bond donors (Lipinski definition) is 1. The monoisotopic (exact) mass is 441 g/mol. The van der Waals surface area contributed by atoms with Gasteiger partial charge in [0.15, 0.2) is 15.7 Å². The highest BCUT2D eigenvalue weighted by atomic mass is 16.5. The Morgan fingerprint density at radius 2 is 1.91 bits per heavy atom. The molecule has 2 heterocycles. The Hall–Kier alpha value is -2.91. The van der Waals surface area contributed by atoms with Gasteiger partial charge >= 0.3 is 0 Å². The summed E-state index contributed by atoms with van der Waals surface area (Å²) in [7, 11) is 5.83. The zero-order valence-electron chi connectivity index (χ0n) is 19.8. The van der Waals surface area contributed by atoms with E-state index in [9.17, 15) is 5.26 Å². The molecule has 1 saturated heterocycles. The lowest BCUT2D eigenvalue weighted by atomic mass is 9.45. The second-order valence-corrected chi connectivity index (χ2v) is 10.2. The molecule has 2 N–H and O–H groups in total. The normalized spacial score (nSPS) is 28.1. The molecule has 1 fully saturated rings. The van der Waals surface area contributed by atoms with Crippen molar-refractivity contribution in [1.82, 2.24) is 0 Å². The second-order valence-electron chi connectivity index (χ2n) is 10.2. The van der Waals surface area contributed by atoms with Gasteiger partial charge in [-0.2, -0.15) is 5.26 Å². The molecule has 8 heteroatoms. The van der Waals surface area contributed by atoms with E-state index in [0.717, 1.165) is 43.6 Å². The summed E-state index contributed by atoms with van der Waals surface area (Å²) in [5.74, 6) is 1.11. The van der Waals surface area contributed by atoms with Gasteiger partial charge in [-0.05, 0) is 71.7 Å². The number of amidine groups is 1. The third kappa shape index (κ3) is 3.09. The molecule has 2 unspecified atom stereocenters. The minimum atomic E-state index is -0.603. The summed E-state index contributed by atoms with van der Waals surface area (Å²) < 4.78 is 17.3. The average molecular weight is 441 g/mol. The highest BCUT2D eigenvalue weighted by Gasteiger charge is 2.68. The van der Waals surface area contributed by atoms with Gasteiger partial charge in [0.2, 0.25) is 0 Å². The summed E-state index contributed by atoms with van der Waals surface area (Å²) in [5.41, 5.74) is 10.5. The third-order valence-corrected chi connectivity index (χ3v) is 8.12. The van der Waals surface area contributed by atoms with Crippen LogP contribution in [0, 0.1) is 22.7 Å². The first-order valence-electron chi connectivity index (χ1n) is 11.6. The number of fused-ring (bicyclic) bond motifs is 2. The first-order valence-corrected chi connectivity index (χ1v) is 11.6. The summed E-state index contributed by atoms with van der Waals surface area (Å²) in [6.07, 6.45) is 2.93. The quantitative estimate of drug-likeness (QED) is 0.733. The maximum absolute atomic E-state index is 9.50. The Labute approximate surface area is 196 Å². The van der Waals surface area contributed by atoms with E-state index in [-0.39, 0.29) is 11.4 Å². The maximum atomic E-state index is 9.50. The summed E-state index contributed by atoms with van der Waals surface area (Å²) in [5, 5.41) is 8.90. The van der Waals surface area contributed by atoms with Crippen molar-refractivity contribution in [2.24, 2.45) is 22.1 Å². The summed E-state index contributed by atoms with van der Waals surface area (Å²) in [6.45, 7) is 3.91. The van der Waals surface area contributed by atoms with E-state index in [4.69, 9.17) is 24.9 Å². The highest BCUT2D eigenvalue weighted by molar-refractivity contribution is 6.41. The number of nitrogens with zero attached hydrogens (tertiary/aromatic N) is 2. The van der Waals surface area contributed by atoms with Crippen LogP contribution < -0.4 is 10.5 Å². The molecule has 1 spiro atoms. The SMILES string of the molecule is BC1(B)OC(N)=NC12c1cc(-c3cc(C#N)cc(OC)c3)ccc1CC2(C)C1CCOCC1. The van der Waals surface area contributed by atoms with Gasteiger partial charge in [0.05, 0.1) is 24.1 Å². The maximum Gasteiger partial charge on any atom is 0.282 e. The molecule has 0 bridgehead atoms. The molecule has 33 heavy (non-hydrogen) atoms. The van der Waals surface area contributed by atoms with Crippen molar-refractivity contribution in [2.75, 3.05) is 20.3 Å². The molecule has 0 radical (unpaired) electrons. The Morgan fingerprint density at radius 3 is 2.55 bits per heavy atom. The fourth-order valence-corrected chi connectivity index (χ4v) is 6.66. The number of hydrogen-bond acceptors (Lipinski definition) is 6. The summed E-state index contributed by atoms with van der Waals surface area (Å²) in [4.78, 5) is 5.10. The molecule has 168 valence electrons. The van der Waals surface area contributed by atoms with Crippen LogP contribution in [-0.2, 0) is 21.4 Å². The molecular formula is C25H29B2N3O3. The molecule has 0 aromatic heterocycles. The Balaban J connectivity index is 1.71. The van der Waals surface area contributed by atoms with Crippen molar-refractivity contribution >= 4 is 21.7 Å². The van der Waals surface area contributed by atoms with Crippen LogP contribution in [0.5, 0.6) is 5.75 Å². The highest BCUT2D eigenvalue weighted by Crippen LogP contribution is 2.64. The van der Waals surface area contributed by atoms with Gasteiger partial charge < -0.3 is 19.9 Å². The second kappa shape index (κ2) is 7.56. The van der Waals surface area contributed by atoms with E-state index in [0.29, 0.717) is 17.2 Å². The van der Waals surface area contributed by atoms with Gasteiger partial charge in [0.25, 0.3) is 6.02 Å². The Kier molecular flexibility index (Phi) is 5.02. The number of benzene rings is 2. The minimum Gasteiger partial charge on any atom is -0.497 e. The van der Waals surface area contributed by atoms with Gasteiger partial charge in [0, 0.05) is 18.6 Å². The van der Waals surface area contributed by atoms with Crippen molar-refractivity contribution in [3.8, 4) is 22.9 Å². The Morgan fingerprint density at radius 1 is 1.15 bits per heavy atom. The number of nitrogens with two attached hydrogens (primary N) is 1. The molecule has 2 aromatic rings.